The van der Waals surface area contributed by atoms with Crippen molar-refractivity contribution in [1.29, 1.82) is 0 Å². The number of nitrogens with one attached hydrogen (secondary N) is 1. The van der Waals surface area contributed by atoms with E-state index in [2.05, 4.69) is 5.32 Å². The zero-order valence-electron chi connectivity index (χ0n) is 11.9. The topological polar surface area (TPSA) is 92.6 Å². The second-order valence-electron chi connectivity index (χ2n) is 4.87. The highest BCUT2D eigenvalue weighted by molar-refractivity contribution is 7.89. The van der Waals surface area contributed by atoms with Crippen LogP contribution < -0.4 is 5.32 Å². The van der Waals surface area contributed by atoms with Gasteiger partial charge in [0.1, 0.15) is 4.90 Å². The van der Waals surface area contributed by atoms with Crippen molar-refractivity contribution in [3.63, 3.8) is 0 Å². The molecule has 1 fully saturated rings. The van der Waals surface area contributed by atoms with E-state index in [9.17, 15) is 18.5 Å². The van der Waals surface area contributed by atoms with Gasteiger partial charge in [0.05, 0.1) is 9.95 Å². The molecule has 0 aromatic heterocycles. The number of nitro groups is 1. The molecule has 0 atom stereocenters. The predicted octanol–water partition coefficient (Wildman–Crippen LogP) is 2.04. The second-order valence-corrected chi connectivity index (χ2v) is 7.25. The minimum Gasteiger partial charge on any atom is -0.317 e. The van der Waals surface area contributed by atoms with Gasteiger partial charge in [-0.1, -0.05) is 11.6 Å². The lowest BCUT2D eigenvalue weighted by Crippen LogP contribution is -2.43. The van der Waals surface area contributed by atoms with E-state index in [-0.39, 0.29) is 34.1 Å². The smallest absolute Gasteiger partial charge is 0.271 e. The molecular weight excluding hydrogens is 353 g/mol. The molecule has 1 heterocycles. The number of nitrogens with zero attached hydrogens (tertiary/aromatic N) is 2. The molecule has 1 aromatic rings. The number of benzene rings is 1. The first-order chi connectivity index (χ1) is 9.84. The molecule has 1 aliphatic heterocycles. The Morgan fingerprint density at radius 3 is 2.45 bits per heavy atom. The van der Waals surface area contributed by atoms with Crippen molar-refractivity contribution in [1.82, 2.24) is 9.62 Å². The third kappa shape index (κ3) is 3.88. The first-order valence-corrected chi connectivity index (χ1v) is 8.28. The van der Waals surface area contributed by atoms with E-state index in [0.29, 0.717) is 0 Å². The Morgan fingerprint density at radius 1 is 1.36 bits per heavy atom. The molecule has 1 saturated heterocycles. The lowest BCUT2D eigenvalue weighted by molar-refractivity contribution is -0.384. The number of nitro benzene ring substituents is 1. The lowest BCUT2D eigenvalue weighted by Gasteiger charge is -2.31. The Balaban J connectivity index is 0.00000242. The van der Waals surface area contributed by atoms with Gasteiger partial charge in [-0.3, -0.25) is 10.1 Å². The summed E-state index contributed by atoms with van der Waals surface area (Å²) >= 11 is 5.92. The molecule has 7 nitrogen and oxygen atoms in total. The van der Waals surface area contributed by atoms with Crippen LogP contribution >= 0.6 is 24.0 Å². The standard InChI is InChI=1S/C12H16ClN3O4S.ClH/c1-15(9-4-6-14-7-5-9)21(19,20)12-3-2-10(16(17)18)8-11(12)13;/h2-3,8-9,14H,4-7H2,1H3;1H. The van der Waals surface area contributed by atoms with Crippen LogP contribution in [0.1, 0.15) is 12.8 Å². The number of piperidine rings is 1. The molecule has 0 amide bonds. The van der Waals surface area contributed by atoms with Gasteiger partial charge >= 0.3 is 0 Å². The van der Waals surface area contributed by atoms with Crippen LogP contribution in [0.3, 0.4) is 0 Å². The van der Waals surface area contributed by atoms with E-state index >= 15 is 0 Å². The Hall–Kier alpha value is -0.930. The van der Waals surface area contributed by atoms with Crippen molar-refractivity contribution in [2.75, 3.05) is 20.1 Å². The van der Waals surface area contributed by atoms with Crippen molar-refractivity contribution in [2.24, 2.45) is 0 Å². The Labute approximate surface area is 140 Å². The van der Waals surface area contributed by atoms with Crippen LogP contribution in [-0.2, 0) is 10.0 Å². The highest BCUT2D eigenvalue weighted by Gasteiger charge is 2.31. The van der Waals surface area contributed by atoms with Crippen molar-refractivity contribution < 1.29 is 13.3 Å². The molecule has 124 valence electrons. The van der Waals surface area contributed by atoms with Gasteiger partial charge in [0.2, 0.25) is 10.0 Å². The maximum atomic E-state index is 12.6. The average Bonchev–Trinajstić information content (AvgIpc) is 2.46. The molecule has 0 bridgehead atoms. The van der Waals surface area contributed by atoms with Gasteiger partial charge in [-0.05, 0) is 32.0 Å². The van der Waals surface area contributed by atoms with Gasteiger partial charge in [0.15, 0.2) is 0 Å². The first kappa shape index (κ1) is 19.1. The Bertz CT molecular complexity index is 648. The summed E-state index contributed by atoms with van der Waals surface area (Å²) in [4.78, 5) is 9.96. The fraction of sp³-hybridized carbons (Fsp3) is 0.500. The molecule has 1 aliphatic rings. The Kier molecular flexibility index (Phi) is 6.57. The zero-order chi connectivity index (χ0) is 15.6. The highest BCUT2D eigenvalue weighted by atomic mass is 35.5. The van der Waals surface area contributed by atoms with E-state index in [1.54, 1.807) is 0 Å². The lowest BCUT2D eigenvalue weighted by atomic mass is 10.1. The summed E-state index contributed by atoms with van der Waals surface area (Å²) in [6.07, 6.45) is 1.45. The quantitative estimate of drug-likeness (QED) is 0.647. The molecule has 0 unspecified atom stereocenters. The van der Waals surface area contributed by atoms with E-state index in [4.69, 9.17) is 11.6 Å². The SMILES string of the molecule is CN(C1CCNCC1)S(=O)(=O)c1ccc([N+](=O)[O-])cc1Cl.Cl. The number of hydrogen-bond donors (Lipinski definition) is 1. The summed E-state index contributed by atoms with van der Waals surface area (Å²) in [7, 11) is -2.24. The molecule has 1 aromatic carbocycles. The minimum atomic E-state index is -3.76. The molecule has 0 radical (unpaired) electrons. The normalized spacial score (nSPS) is 16.3. The Morgan fingerprint density at radius 2 is 1.95 bits per heavy atom. The first-order valence-electron chi connectivity index (χ1n) is 6.46. The summed E-state index contributed by atoms with van der Waals surface area (Å²) < 4.78 is 26.5. The number of rotatable bonds is 4. The van der Waals surface area contributed by atoms with Gasteiger partial charge in [-0.25, -0.2) is 8.42 Å². The second kappa shape index (κ2) is 7.56. The summed E-state index contributed by atoms with van der Waals surface area (Å²) in [6, 6.07) is 3.30. The maximum Gasteiger partial charge on any atom is 0.271 e. The molecule has 2 rings (SSSR count). The van der Waals surface area contributed by atoms with Crippen LogP contribution in [0.25, 0.3) is 0 Å². The molecule has 0 spiro atoms. The maximum absolute atomic E-state index is 12.6. The third-order valence-corrected chi connectivity index (χ3v) is 6.00. The molecule has 10 heteroatoms. The summed E-state index contributed by atoms with van der Waals surface area (Å²) in [5, 5.41) is 13.7. The average molecular weight is 370 g/mol. The molecule has 1 N–H and O–H groups in total. The summed E-state index contributed by atoms with van der Waals surface area (Å²) in [5.74, 6) is 0. The van der Waals surface area contributed by atoms with Crippen LogP contribution in [0, 0.1) is 10.1 Å². The molecule has 0 saturated carbocycles. The van der Waals surface area contributed by atoms with Crippen molar-refractivity contribution in [3.8, 4) is 0 Å². The van der Waals surface area contributed by atoms with Crippen LogP contribution in [0.2, 0.25) is 5.02 Å². The van der Waals surface area contributed by atoms with Crippen molar-refractivity contribution >= 4 is 39.7 Å². The van der Waals surface area contributed by atoms with E-state index in [0.717, 1.165) is 38.1 Å². The zero-order valence-corrected chi connectivity index (χ0v) is 14.2. The number of sulfonamides is 1. The minimum absolute atomic E-state index is 0. The van der Waals surface area contributed by atoms with Crippen molar-refractivity contribution in [2.45, 2.75) is 23.8 Å². The third-order valence-electron chi connectivity index (χ3n) is 3.61. The fourth-order valence-electron chi connectivity index (χ4n) is 2.33. The van der Waals surface area contributed by atoms with Crippen LogP contribution in [0.15, 0.2) is 23.1 Å². The molecular formula is C12H17Cl2N3O4S. The molecule has 22 heavy (non-hydrogen) atoms. The monoisotopic (exact) mass is 369 g/mol. The highest BCUT2D eigenvalue weighted by Crippen LogP contribution is 2.29. The van der Waals surface area contributed by atoms with Crippen LogP contribution in [0.5, 0.6) is 0 Å². The van der Waals surface area contributed by atoms with E-state index in [1.165, 1.54) is 17.4 Å². The number of hydrogen-bond acceptors (Lipinski definition) is 5. The largest absolute Gasteiger partial charge is 0.317 e. The fourth-order valence-corrected chi connectivity index (χ4v) is 4.26. The predicted molar refractivity (Wildman–Crippen MR) is 86.2 cm³/mol. The van der Waals surface area contributed by atoms with Crippen LogP contribution in [0.4, 0.5) is 5.69 Å². The number of halogens is 2. The van der Waals surface area contributed by atoms with Crippen molar-refractivity contribution in [3.05, 3.63) is 33.3 Å². The van der Waals surface area contributed by atoms with E-state index in [1.807, 2.05) is 0 Å². The molecule has 0 aliphatic carbocycles. The van der Waals surface area contributed by atoms with E-state index < -0.39 is 14.9 Å². The van der Waals surface area contributed by atoms with Crippen LogP contribution in [-0.4, -0.2) is 43.8 Å². The van der Waals surface area contributed by atoms with Gasteiger partial charge in [0, 0.05) is 25.2 Å². The number of non-ortho nitro benzene ring substituents is 1. The van der Waals surface area contributed by atoms with Gasteiger partial charge in [-0.2, -0.15) is 4.31 Å². The van der Waals surface area contributed by atoms with Gasteiger partial charge in [-0.15, -0.1) is 12.4 Å². The summed E-state index contributed by atoms with van der Waals surface area (Å²) in [5.41, 5.74) is -0.233. The van der Waals surface area contributed by atoms with Gasteiger partial charge < -0.3 is 5.32 Å². The summed E-state index contributed by atoms with van der Waals surface area (Å²) in [6.45, 7) is 1.52. The van der Waals surface area contributed by atoms with Gasteiger partial charge in [0.25, 0.3) is 5.69 Å².